The Morgan fingerprint density at radius 3 is 2.56 bits per heavy atom. The number of nitrogens with zero attached hydrogens (tertiary/aromatic N) is 1. The summed E-state index contributed by atoms with van der Waals surface area (Å²) < 4.78 is 0. The lowest BCUT2D eigenvalue weighted by Crippen LogP contribution is -2.45. The van der Waals surface area contributed by atoms with Gasteiger partial charge in [-0.15, -0.1) is 0 Å². The van der Waals surface area contributed by atoms with Gasteiger partial charge in [0, 0.05) is 30.7 Å². The average Bonchev–Trinajstić information content (AvgIpc) is 3.29. The van der Waals surface area contributed by atoms with Crippen LogP contribution in [0.25, 0.3) is 0 Å². The van der Waals surface area contributed by atoms with Crippen LogP contribution in [0.1, 0.15) is 35.2 Å². The summed E-state index contributed by atoms with van der Waals surface area (Å²) in [4.78, 5) is 28.6. The molecule has 1 aromatic heterocycles. The van der Waals surface area contributed by atoms with Gasteiger partial charge < -0.3 is 16.4 Å². The molecule has 2 fully saturated rings. The first-order chi connectivity index (χ1) is 13.1. The lowest BCUT2D eigenvalue weighted by Gasteiger charge is -2.27. The maximum atomic E-state index is 12.5. The van der Waals surface area contributed by atoms with E-state index in [0.717, 1.165) is 18.4 Å². The third-order valence-electron chi connectivity index (χ3n) is 5.89. The lowest BCUT2D eigenvalue weighted by atomic mass is 9.84. The highest BCUT2D eigenvalue weighted by Gasteiger charge is 2.48. The van der Waals surface area contributed by atoms with Crippen LogP contribution in [-0.4, -0.2) is 22.8 Å². The summed E-state index contributed by atoms with van der Waals surface area (Å²) in [6.45, 7) is 0.469. The molecule has 1 aromatic carbocycles. The fourth-order valence-electron chi connectivity index (χ4n) is 4.44. The second-order valence-electron chi connectivity index (χ2n) is 7.55. The molecule has 2 aromatic rings. The van der Waals surface area contributed by atoms with Crippen molar-refractivity contribution in [2.75, 3.05) is 5.32 Å². The monoisotopic (exact) mass is 364 g/mol. The fourth-order valence-corrected chi connectivity index (χ4v) is 4.44. The lowest BCUT2D eigenvalue weighted by molar-refractivity contribution is -0.127. The Balaban J connectivity index is 1.30. The Bertz CT molecular complexity index is 820. The summed E-state index contributed by atoms with van der Waals surface area (Å²) in [5, 5.41) is 5.86. The van der Waals surface area contributed by atoms with Crippen LogP contribution in [0.15, 0.2) is 48.8 Å². The van der Waals surface area contributed by atoms with E-state index in [1.165, 1.54) is 12.6 Å². The molecule has 6 nitrogen and oxygen atoms in total. The van der Waals surface area contributed by atoms with Crippen LogP contribution in [0.2, 0.25) is 0 Å². The van der Waals surface area contributed by atoms with E-state index in [4.69, 9.17) is 5.73 Å². The zero-order chi connectivity index (χ0) is 18.8. The molecule has 0 radical (unpaired) electrons. The summed E-state index contributed by atoms with van der Waals surface area (Å²) in [6.07, 6.45) is 6.55. The summed E-state index contributed by atoms with van der Waals surface area (Å²) >= 11 is 0. The predicted octanol–water partition coefficient (Wildman–Crippen LogP) is 2.32. The number of hydrogen-bond acceptors (Lipinski definition) is 4. The summed E-state index contributed by atoms with van der Waals surface area (Å²) in [5.74, 6) is 0.809. The molecule has 1 heterocycles. The van der Waals surface area contributed by atoms with Gasteiger partial charge in [-0.1, -0.05) is 12.1 Å². The van der Waals surface area contributed by atoms with Crippen LogP contribution in [0, 0.1) is 17.8 Å². The van der Waals surface area contributed by atoms with Gasteiger partial charge in [-0.3, -0.25) is 14.6 Å². The molecule has 0 spiro atoms. The number of aromatic nitrogens is 1. The molecule has 2 amide bonds. The normalized spacial score (nSPS) is 26.0. The zero-order valence-corrected chi connectivity index (χ0v) is 15.1. The Morgan fingerprint density at radius 2 is 1.89 bits per heavy atom. The van der Waals surface area contributed by atoms with E-state index >= 15 is 0 Å². The quantitative estimate of drug-likeness (QED) is 0.758. The van der Waals surface area contributed by atoms with E-state index in [0.29, 0.717) is 29.6 Å². The van der Waals surface area contributed by atoms with Crippen LogP contribution < -0.4 is 16.4 Å². The van der Waals surface area contributed by atoms with Crippen LogP contribution >= 0.6 is 0 Å². The number of nitrogens with one attached hydrogen (secondary N) is 2. The van der Waals surface area contributed by atoms with Crippen LogP contribution in [0.3, 0.4) is 0 Å². The van der Waals surface area contributed by atoms with E-state index in [1.807, 2.05) is 24.3 Å². The minimum atomic E-state index is -0.200. The molecule has 27 heavy (non-hydrogen) atoms. The Morgan fingerprint density at radius 1 is 1.11 bits per heavy atom. The number of carbonyl (C=O) groups excluding carboxylic acids is 2. The molecule has 2 bridgehead atoms. The van der Waals surface area contributed by atoms with Crippen LogP contribution in [0.4, 0.5) is 5.69 Å². The summed E-state index contributed by atoms with van der Waals surface area (Å²) in [6, 6.07) is 10.9. The van der Waals surface area contributed by atoms with Crippen molar-refractivity contribution >= 4 is 17.5 Å². The SMILES string of the molecule is NC1C2CCC(C2)C1C(=O)NCc1ccc(NC(=O)c2cccnc2)cc1. The molecule has 2 aliphatic carbocycles. The second-order valence-corrected chi connectivity index (χ2v) is 7.55. The molecule has 0 aliphatic heterocycles. The highest BCUT2D eigenvalue weighted by atomic mass is 16.2. The molecule has 0 saturated heterocycles. The first-order valence-electron chi connectivity index (χ1n) is 9.45. The number of pyridine rings is 1. The number of rotatable bonds is 5. The topological polar surface area (TPSA) is 97.1 Å². The number of nitrogens with two attached hydrogens (primary N) is 1. The Kier molecular flexibility index (Phi) is 4.90. The van der Waals surface area contributed by atoms with Crippen molar-refractivity contribution in [2.45, 2.75) is 31.8 Å². The number of amides is 2. The smallest absolute Gasteiger partial charge is 0.257 e. The summed E-state index contributed by atoms with van der Waals surface area (Å²) in [5.41, 5.74) is 8.44. The maximum Gasteiger partial charge on any atom is 0.257 e. The number of carbonyl (C=O) groups is 2. The van der Waals surface area contributed by atoms with Gasteiger partial charge in [0.25, 0.3) is 5.91 Å². The van der Waals surface area contributed by atoms with E-state index in [1.54, 1.807) is 18.3 Å². The molecule has 4 unspecified atom stereocenters. The number of fused-ring (bicyclic) bond motifs is 2. The standard InChI is InChI=1S/C21H24N4O2/c22-19-15-6-5-14(10-15)18(19)21(27)24-11-13-3-7-17(8-4-13)25-20(26)16-2-1-9-23-12-16/h1-4,7-9,12,14-15,18-19H,5-6,10-11,22H2,(H,24,27)(H,25,26). The Labute approximate surface area is 158 Å². The maximum absolute atomic E-state index is 12.5. The number of anilines is 1. The van der Waals surface area contributed by atoms with Gasteiger partial charge in [-0.25, -0.2) is 0 Å². The van der Waals surface area contributed by atoms with E-state index in [2.05, 4.69) is 15.6 Å². The molecule has 6 heteroatoms. The number of hydrogen-bond donors (Lipinski definition) is 3. The van der Waals surface area contributed by atoms with Gasteiger partial charge in [0.1, 0.15) is 0 Å². The van der Waals surface area contributed by atoms with E-state index < -0.39 is 0 Å². The molecule has 4 N–H and O–H groups in total. The third-order valence-corrected chi connectivity index (χ3v) is 5.89. The molecule has 2 saturated carbocycles. The predicted molar refractivity (Wildman–Crippen MR) is 103 cm³/mol. The second kappa shape index (κ2) is 7.48. The van der Waals surface area contributed by atoms with Gasteiger partial charge in [0.2, 0.25) is 5.91 Å². The third kappa shape index (κ3) is 3.71. The highest BCUT2D eigenvalue weighted by molar-refractivity contribution is 6.04. The van der Waals surface area contributed by atoms with E-state index in [-0.39, 0.29) is 23.8 Å². The zero-order valence-electron chi connectivity index (χ0n) is 15.1. The summed E-state index contributed by atoms with van der Waals surface area (Å²) in [7, 11) is 0. The minimum Gasteiger partial charge on any atom is -0.352 e. The van der Waals surface area contributed by atoms with Crippen molar-refractivity contribution < 1.29 is 9.59 Å². The molecule has 2 aliphatic rings. The highest BCUT2D eigenvalue weighted by Crippen LogP contribution is 2.47. The van der Waals surface area contributed by atoms with E-state index in [9.17, 15) is 9.59 Å². The number of benzene rings is 1. The van der Waals surface area contributed by atoms with Crippen molar-refractivity contribution in [1.82, 2.24) is 10.3 Å². The van der Waals surface area contributed by atoms with Crippen molar-refractivity contribution in [3.63, 3.8) is 0 Å². The van der Waals surface area contributed by atoms with Gasteiger partial charge in [-0.05, 0) is 60.9 Å². The molecule has 4 rings (SSSR count). The largest absolute Gasteiger partial charge is 0.352 e. The van der Waals surface area contributed by atoms with Crippen molar-refractivity contribution in [1.29, 1.82) is 0 Å². The van der Waals surface area contributed by atoms with Gasteiger partial charge in [0.05, 0.1) is 11.5 Å². The van der Waals surface area contributed by atoms with Crippen LogP contribution in [-0.2, 0) is 11.3 Å². The first-order valence-corrected chi connectivity index (χ1v) is 9.45. The van der Waals surface area contributed by atoms with Gasteiger partial charge in [-0.2, -0.15) is 0 Å². The first kappa shape index (κ1) is 17.7. The average molecular weight is 364 g/mol. The van der Waals surface area contributed by atoms with Crippen molar-refractivity contribution in [3.8, 4) is 0 Å². The van der Waals surface area contributed by atoms with Crippen molar-refractivity contribution in [2.24, 2.45) is 23.5 Å². The van der Waals surface area contributed by atoms with Crippen molar-refractivity contribution in [3.05, 3.63) is 59.9 Å². The Hall–Kier alpha value is -2.73. The van der Waals surface area contributed by atoms with Crippen LogP contribution in [0.5, 0.6) is 0 Å². The van der Waals surface area contributed by atoms with Gasteiger partial charge in [0.15, 0.2) is 0 Å². The molecule has 4 atom stereocenters. The van der Waals surface area contributed by atoms with Gasteiger partial charge >= 0.3 is 0 Å². The molecular formula is C21H24N4O2. The minimum absolute atomic E-state index is 0.00816. The fraction of sp³-hybridized carbons (Fsp3) is 0.381. The molecular weight excluding hydrogens is 340 g/mol. The molecule has 140 valence electrons.